The van der Waals surface area contributed by atoms with E-state index in [9.17, 15) is 4.79 Å². The van der Waals surface area contributed by atoms with Crippen LogP contribution in [-0.2, 0) is 11.3 Å². The van der Waals surface area contributed by atoms with E-state index < -0.39 is 0 Å². The number of anilines is 1. The number of ether oxygens (including phenoxy) is 1. The molecule has 1 aromatic carbocycles. The number of nitrogens with one attached hydrogen (secondary N) is 5. The summed E-state index contributed by atoms with van der Waals surface area (Å²) in [6.45, 7) is 9.16. The van der Waals surface area contributed by atoms with Gasteiger partial charge in [-0.3, -0.25) is 4.72 Å². The highest BCUT2D eigenvalue weighted by atomic mass is 32.2. The van der Waals surface area contributed by atoms with E-state index in [1.807, 2.05) is 13.8 Å². The number of rotatable bonds is 4. The van der Waals surface area contributed by atoms with E-state index in [-0.39, 0.29) is 18.4 Å². The van der Waals surface area contributed by atoms with Crippen LogP contribution in [0.4, 0.5) is 10.5 Å². The molecule has 1 amide bonds. The molecule has 174 valence electrons. The molecule has 0 bridgehead atoms. The van der Waals surface area contributed by atoms with Crippen LogP contribution in [0.3, 0.4) is 0 Å². The molecular weight excluding hydrogens is 410 g/mol. The van der Waals surface area contributed by atoms with Gasteiger partial charge < -0.3 is 20.8 Å². The third-order valence-electron chi connectivity index (χ3n) is 5.14. The average Bonchev–Trinajstić information content (AvgIpc) is 3.45. The van der Waals surface area contributed by atoms with Crippen LogP contribution in [0.5, 0.6) is 0 Å². The molecule has 7 nitrogen and oxygen atoms in total. The smallest absolute Gasteiger partial charge is 0.407 e. The van der Waals surface area contributed by atoms with Gasteiger partial charge in [-0.25, -0.2) is 10.2 Å². The van der Waals surface area contributed by atoms with Gasteiger partial charge in [0.25, 0.3) is 0 Å². The molecule has 1 aliphatic carbocycles. The summed E-state index contributed by atoms with van der Waals surface area (Å²) >= 11 is 1.69. The maximum absolute atomic E-state index is 11.3. The lowest BCUT2D eigenvalue weighted by Crippen LogP contribution is -2.38. The lowest BCUT2D eigenvalue weighted by atomic mass is 9.85. The lowest BCUT2D eigenvalue weighted by Gasteiger charge is -2.28. The number of carbonyl (C=O) groups is 1. The summed E-state index contributed by atoms with van der Waals surface area (Å²) in [4.78, 5) is 12.6. The monoisotopic (exact) mass is 449 g/mol. The first-order valence-corrected chi connectivity index (χ1v) is 12.3. The van der Waals surface area contributed by atoms with Gasteiger partial charge in [0.15, 0.2) is 0 Å². The molecule has 0 aromatic heterocycles. The van der Waals surface area contributed by atoms with Crippen molar-refractivity contribution in [2.75, 3.05) is 12.4 Å². The van der Waals surface area contributed by atoms with Crippen molar-refractivity contribution >= 4 is 23.7 Å². The fraction of sp³-hybridized carbons (Fsp3) is 0.609. The minimum absolute atomic E-state index is 0.0352. The number of carbonyl (C=O) groups excluding carboxylic acids is 1. The molecule has 1 unspecified atom stereocenters. The number of amides is 1. The summed E-state index contributed by atoms with van der Waals surface area (Å²) in [7, 11) is 1.59. The molecule has 0 saturated heterocycles. The van der Waals surface area contributed by atoms with Gasteiger partial charge in [-0.05, 0) is 67.5 Å². The molecule has 0 spiro atoms. The highest BCUT2D eigenvalue weighted by Gasteiger charge is 2.28. The number of benzene rings is 1. The van der Waals surface area contributed by atoms with Gasteiger partial charge in [0, 0.05) is 35.8 Å². The van der Waals surface area contributed by atoms with E-state index in [0.29, 0.717) is 5.92 Å². The summed E-state index contributed by atoms with van der Waals surface area (Å²) in [6.07, 6.45) is 7.12. The van der Waals surface area contributed by atoms with Crippen LogP contribution in [0, 0.1) is 5.92 Å². The zero-order chi connectivity index (χ0) is 22.6. The zero-order valence-electron chi connectivity index (χ0n) is 19.5. The number of hydrogen-bond donors (Lipinski definition) is 5. The molecular formula is C23H39N5O2S. The van der Waals surface area contributed by atoms with E-state index in [1.54, 1.807) is 19.0 Å². The number of alkyl carbamates (subject to hydrolysis) is 1. The Labute approximate surface area is 191 Å². The van der Waals surface area contributed by atoms with Gasteiger partial charge in [-0.15, -0.1) is 0 Å². The Morgan fingerprint density at radius 1 is 1.19 bits per heavy atom. The van der Waals surface area contributed by atoms with E-state index >= 15 is 0 Å². The summed E-state index contributed by atoms with van der Waals surface area (Å²) in [5.74, 6) is 0.486. The van der Waals surface area contributed by atoms with Gasteiger partial charge in [0.2, 0.25) is 0 Å². The second kappa shape index (κ2) is 13.5. The van der Waals surface area contributed by atoms with Crippen molar-refractivity contribution < 1.29 is 9.53 Å². The first kappa shape index (κ1) is 25.4. The molecule has 31 heavy (non-hydrogen) atoms. The van der Waals surface area contributed by atoms with Crippen LogP contribution in [0.15, 0.2) is 34.9 Å². The molecule has 1 saturated carbocycles. The Bertz CT molecular complexity index is 720. The standard InChI is InChI=1S/C18H25N5O2S.C3H8.C2H6/c1-19-18(24)25-14-5-2-11(3-6-14)15-9-17(23-22-15)21-13-4-7-16-12(8-13)10-20-26-16;1-3-2;1-2/h4,7-9,11,14,17,20-23H,2-3,5-6,10H2,1H3,(H,19,24);3H2,1-2H3;1-2H3. The summed E-state index contributed by atoms with van der Waals surface area (Å²) in [5.41, 5.74) is 10.3. The largest absolute Gasteiger partial charge is 0.446 e. The van der Waals surface area contributed by atoms with Crippen molar-refractivity contribution in [1.82, 2.24) is 20.9 Å². The second-order valence-corrected chi connectivity index (χ2v) is 8.53. The quantitative estimate of drug-likeness (QED) is 0.419. The Kier molecular flexibility index (Phi) is 11.0. The predicted octanol–water partition coefficient (Wildman–Crippen LogP) is 4.88. The summed E-state index contributed by atoms with van der Waals surface area (Å²) in [6, 6.07) is 6.48. The van der Waals surface area contributed by atoms with Crippen molar-refractivity contribution in [2.24, 2.45) is 5.92 Å². The number of hydrazine groups is 1. The van der Waals surface area contributed by atoms with Crippen molar-refractivity contribution in [1.29, 1.82) is 0 Å². The average molecular weight is 450 g/mol. The SMILES string of the molecule is CC.CCC.CNC(=O)OC1CCC(C2=CC(Nc3ccc4c(c3)CNS4)NN2)CC1. The number of hydrogen-bond acceptors (Lipinski definition) is 7. The molecule has 2 aliphatic heterocycles. The predicted molar refractivity (Wildman–Crippen MR) is 130 cm³/mol. The van der Waals surface area contributed by atoms with Crippen LogP contribution >= 0.6 is 11.9 Å². The summed E-state index contributed by atoms with van der Waals surface area (Å²) < 4.78 is 8.65. The topological polar surface area (TPSA) is 86.5 Å². The molecule has 5 N–H and O–H groups in total. The maximum Gasteiger partial charge on any atom is 0.407 e. The fourth-order valence-corrected chi connectivity index (χ4v) is 4.50. The molecule has 1 atom stereocenters. The van der Waals surface area contributed by atoms with Gasteiger partial charge in [-0.1, -0.05) is 34.1 Å². The van der Waals surface area contributed by atoms with E-state index in [4.69, 9.17) is 4.74 Å². The summed E-state index contributed by atoms with van der Waals surface area (Å²) in [5, 5.41) is 6.03. The third kappa shape index (κ3) is 7.63. The third-order valence-corrected chi connectivity index (χ3v) is 6.04. The normalized spacial score (nSPS) is 23.6. The Morgan fingerprint density at radius 2 is 1.90 bits per heavy atom. The van der Waals surface area contributed by atoms with E-state index in [2.05, 4.69) is 64.3 Å². The van der Waals surface area contributed by atoms with Gasteiger partial charge >= 0.3 is 6.09 Å². The van der Waals surface area contributed by atoms with Crippen LogP contribution in [0.2, 0.25) is 0 Å². The molecule has 2 heterocycles. The Morgan fingerprint density at radius 3 is 2.58 bits per heavy atom. The lowest BCUT2D eigenvalue weighted by molar-refractivity contribution is 0.0688. The molecule has 3 aliphatic rings. The molecule has 1 fully saturated rings. The second-order valence-electron chi connectivity index (χ2n) is 7.60. The van der Waals surface area contributed by atoms with Gasteiger partial charge in [0.05, 0.1) is 0 Å². The number of allylic oxidation sites excluding steroid dienone is 1. The minimum atomic E-state index is -0.333. The van der Waals surface area contributed by atoms with Crippen molar-refractivity contribution in [3.8, 4) is 0 Å². The minimum Gasteiger partial charge on any atom is -0.446 e. The van der Waals surface area contributed by atoms with E-state index in [1.165, 1.54) is 22.6 Å². The van der Waals surface area contributed by atoms with Gasteiger partial charge in [-0.2, -0.15) is 0 Å². The maximum atomic E-state index is 11.3. The van der Waals surface area contributed by atoms with Crippen molar-refractivity contribution in [3.05, 3.63) is 35.5 Å². The van der Waals surface area contributed by atoms with Crippen LogP contribution in [0.1, 0.15) is 65.4 Å². The zero-order valence-corrected chi connectivity index (χ0v) is 20.3. The van der Waals surface area contributed by atoms with Crippen molar-refractivity contribution in [2.45, 2.75) is 83.5 Å². The number of fused-ring (bicyclic) bond motifs is 1. The molecule has 4 rings (SSSR count). The Hall–Kier alpha value is -1.90. The molecule has 8 heteroatoms. The first-order valence-electron chi connectivity index (χ1n) is 11.5. The highest BCUT2D eigenvalue weighted by molar-refractivity contribution is 7.97. The van der Waals surface area contributed by atoms with Crippen LogP contribution in [-0.4, -0.2) is 25.4 Å². The van der Waals surface area contributed by atoms with Gasteiger partial charge in [0.1, 0.15) is 12.3 Å². The Balaban J connectivity index is 0.000000630. The van der Waals surface area contributed by atoms with E-state index in [0.717, 1.165) is 37.9 Å². The fourth-order valence-electron chi connectivity index (χ4n) is 3.72. The first-order chi connectivity index (χ1) is 15.1. The van der Waals surface area contributed by atoms with Crippen LogP contribution in [0.25, 0.3) is 0 Å². The highest BCUT2D eigenvalue weighted by Crippen LogP contribution is 2.32. The molecule has 0 radical (unpaired) electrons. The van der Waals surface area contributed by atoms with Crippen molar-refractivity contribution in [3.63, 3.8) is 0 Å². The van der Waals surface area contributed by atoms with Crippen LogP contribution < -0.4 is 26.2 Å². The molecule has 1 aromatic rings.